The number of methoxy groups -OCH3 is 2. The Kier molecular flexibility index (Phi) is 10.7. The maximum Gasteiger partial charge on any atom is 0.309 e. The van der Waals surface area contributed by atoms with E-state index < -0.39 is 18.1 Å². The van der Waals surface area contributed by atoms with Crippen molar-refractivity contribution in [3.05, 3.63) is 34.2 Å². The Bertz CT molecular complexity index is 881. The minimum atomic E-state index is -0.614. The number of Topliss-reactive ketones (excluding diaryl/α,β-unsaturated/α-hetero) is 1. The first-order chi connectivity index (χ1) is 16.2. The van der Waals surface area contributed by atoms with Gasteiger partial charge in [-0.3, -0.25) is 9.59 Å². The maximum atomic E-state index is 13.5. The number of rotatable bonds is 14. The topological polar surface area (TPSA) is 120 Å². The third kappa shape index (κ3) is 7.11. The highest BCUT2D eigenvalue weighted by atomic mass is 16.6. The zero-order valence-electron chi connectivity index (χ0n) is 21.0. The number of carbonyl (C=O) groups excluding carboxylic acids is 2. The van der Waals surface area contributed by atoms with Crippen LogP contribution in [0, 0.1) is 23.7 Å². The van der Waals surface area contributed by atoms with Gasteiger partial charge >= 0.3 is 5.97 Å². The van der Waals surface area contributed by atoms with Crippen LogP contribution in [0.1, 0.15) is 57.3 Å². The van der Waals surface area contributed by atoms with Gasteiger partial charge in [0.2, 0.25) is 0 Å². The summed E-state index contributed by atoms with van der Waals surface area (Å²) >= 11 is 0. The molecule has 1 saturated heterocycles. The quantitative estimate of drug-likeness (QED) is 0.0908. The van der Waals surface area contributed by atoms with Crippen molar-refractivity contribution in [3.63, 3.8) is 0 Å². The molecule has 0 N–H and O–H groups in total. The number of benzene rings is 1. The Balaban J connectivity index is 2.23. The molecule has 34 heavy (non-hydrogen) atoms. The summed E-state index contributed by atoms with van der Waals surface area (Å²) in [7, 11) is 3.18. The molecule has 1 fully saturated rings. The zero-order valence-corrected chi connectivity index (χ0v) is 21.0. The number of carbonyl (C=O) groups is 2. The van der Waals surface area contributed by atoms with Crippen molar-refractivity contribution >= 4 is 11.8 Å². The molecule has 9 nitrogen and oxygen atoms in total. The fourth-order valence-corrected chi connectivity index (χ4v) is 4.24. The number of ketones is 1. The summed E-state index contributed by atoms with van der Waals surface area (Å²) in [5, 5.41) is 3.93. The van der Waals surface area contributed by atoms with Gasteiger partial charge in [0.05, 0.1) is 25.7 Å². The molecule has 0 saturated carbocycles. The summed E-state index contributed by atoms with van der Waals surface area (Å²) < 4.78 is 21.8. The number of hydrogen-bond acceptors (Lipinski definition) is 7. The highest BCUT2D eigenvalue weighted by molar-refractivity contribution is 5.98. The first-order valence-electron chi connectivity index (χ1n) is 11.8. The predicted octanol–water partition coefficient (Wildman–Crippen LogP) is 5.22. The molecule has 9 heteroatoms. The molecular formula is C25H37N3O6. The highest BCUT2D eigenvalue weighted by Crippen LogP contribution is 2.35. The van der Waals surface area contributed by atoms with Crippen LogP contribution in [0.5, 0.6) is 11.5 Å². The van der Waals surface area contributed by atoms with E-state index in [4.69, 9.17) is 24.5 Å². The van der Waals surface area contributed by atoms with E-state index in [1.54, 1.807) is 32.4 Å². The number of nitrogens with zero attached hydrogens (tertiary/aromatic N) is 3. The molecule has 2 rings (SSSR count). The molecule has 1 aliphatic heterocycles. The Morgan fingerprint density at radius 3 is 2.50 bits per heavy atom. The lowest BCUT2D eigenvalue weighted by Crippen LogP contribution is -2.31. The normalized spacial score (nSPS) is 19.5. The second-order valence-electron chi connectivity index (χ2n) is 9.34. The third-order valence-electron chi connectivity index (χ3n) is 6.33. The van der Waals surface area contributed by atoms with Gasteiger partial charge in [0, 0.05) is 36.5 Å². The summed E-state index contributed by atoms with van der Waals surface area (Å²) in [6.45, 7) is 8.85. The van der Waals surface area contributed by atoms with Crippen LogP contribution in [0.2, 0.25) is 0 Å². The van der Waals surface area contributed by atoms with Gasteiger partial charge in [-0.2, -0.15) is 0 Å². The van der Waals surface area contributed by atoms with Gasteiger partial charge in [0.1, 0.15) is 6.10 Å². The molecule has 0 aromatic heterocycles. The van der Waals surface area contributed by atoms with Crippen LogP contribution in [0.15, 0.2) is 23.3 Å². The number of cyclic esters (lactones) is 1. The minimum Gasteiger partial charge on any atom is -0.493 e. The number of ether oxygens (including phenoxy) is 4. The molecular weight excluding hydrogens is 438 g/mol. The van der Waals surface area contributed by atoms with Gasteiger partial charge < -0.3 is 18.9 Å². The highest BCUT2D eigenvalue weighted by Gasteiger charge is 2.41. The second kappa shape index (κ2) is 13.2. The lowest BCUT2D eigenvalue weighted by atomic mass is 9.81. The molecule has 1 unspecified atom stereocenters. The molecule has 1 aromatic rings. The smallest absolute Gasteiger partial charge is 0.309 e. The molecule has 1 heterocycles. The van der Waals surface area contributed by atoms with Crippen LogP contribution in [-0.4, -0.2) is 51.3 Å². The Hall–Kier alpha value is -2.77. The zero-order chi connectivity index (χ0) is 25.3. The maximum absolute atomic E-state index is 13.5. The van der Waals surface area contributed by atoms with Gasteiger partial charge in [-0.1, -0.05) is 32.8 Å². The molecule has 0 aliphatic carbocycles. The van der Waals surface area contributed by atoms with E-state index in [9.17, 15) is 9.59 Å². The van der Waals surface area contributed by atoms with Crippen LogP contribution in [-0.2, 0) is 14.3 Å². The molecule has 188 valence electrons. The van der Waals surface area contributed by atoms with Crippen LogP contribution in [0.4, 0.5) is 0 Å². The summed E-state index contributed by atoms with van der Waals surface area (Å²) in [4.78, 5) is 28.8. The van der Waals surface area contributed by atoms with Gasteiger partial charge in [-0.25, -0.2) is 0 Å². The summed E-state index contributed by atoms with van der Waals surface area (Å²) in [5.74, 6) is 0.139. The fourth-order valence-electron chi connectivity index (χ4n) is 4.24. The SMILES string of the molecule is COCCCOc1cc(C(=O)C(C[C@H](N=[N+]=[N-])[C@@H]2C[C@@H](C(C)C)C(=O)O2)C(C)C)ccc1OC. The van der Waals surface area contributed by atoms with Gasteiger partial charge in [-0.15, -0.1) is 0 Å². The van der Waals surface area contributed by atoms with Crippen LogP contribution in [0.3, 0.4) is 0 Å². The Morgan fingerprint density at radius 1 is 1.21 bits per heavy atom. The van der Waals surface area contributed by atoms with Crippen molar-refractivity contribution in [2.24, 2.45) is 28.8 Å². The average molecular weight is 476 g/mol. The molecule has 0 amide bonds. The Morgan fingerprint density at radius 2 is 1.94 bits per heavy atom. The van der Waals surface area contributed by atoms with Crippen molar-refractivity contribution < 1.29 is 28.5 Å². The van der Waals surface area contributed by atoms with Crippen LogP contribution < -0.4 is 9.47 Å². The molecule has 1 aromatic carbocycles. The molecule has 1 aliphatic rings. The molecule has 0 radical (unpaired) electrons. The summed E-state index contributed by atoms with van der Waals surface area (Å²) in [6, 6.07) is 4.51. The predicted molar refractivity (Wildman–Crippen MR) is 128 cm³/mol. The van der Waals surface area contributed by atoms with E-state index in [-0.39, 0.29) is 29.5 Å². The van der Waals surface area contributed by atoms with E-state index in [0.29, 0.717) is 49.5 Å². The van der Waals surface area contributed by atoms with Gasteiger partial charge in [0.15, 0.2) is 17.3 Å². The van der Waals surface area contributed by atoms with Crippen molar-refractivity contribution in [3.8, 4) is 11.5 Å². The fraction of sp³-hybridized carbons (Fsp3) is 0.680. The first kappa shape index (κ1) is 27.5. The molecule has 0 bridgehead atoms. The van der Waals surface area contributed by atoms with E-state index in [1.165, 1.54) is 0 Å². The first-order valence-corrected chi connectivity index (χ1v) is 11.8. The van der Waals surface area contributed by atoms with Crippen molar-refractivity contribution in [1.29, 1.82) is 0 Å². The lowest BCUT2D eigenvalue weighted by molar-refractivity contribution is -0.145. The van der Waals surface area contributed by atoms with E-state index >= 15 is 0 Å². The van der Waals surface area contributed by atoms with E-state index in [1.807, 2.05) is 27.7 Å². The van der Waals surface area contributed by atoms with Gasteiger partial charge in [0.25, 0.3) is 0 Å². The second-order valence-corrected chi connectivity index (χ2v) is 9.34. The average Bonchev–Trinajstić information content (AvgIpc) is 3.20. The van der Waals surface area contributed by atoms with Crippen LogP contribution >= 0.6 is 0 Å². The number of azide groups is 1. The Labute approximate surface area is 201 Å². The van der Waals surface area contributed by atoms with Crippen molar-refractivity contribution in [2.45, 2.75) is 59.1 Å². The number of hydrogen-bond donors (Lipinski definition) is 0. The van der Waals surface area contributed by atoms with E-state index in [0.717, 1.165) is 0 Å². The van der Waals surface area contributed by atoms with Crippen molar-refractivity contribution in [1.82, 2.24) is 0 Å². The summed E-state index contributed by atoms with van der Waals surface area (Å²) in [5.41, 5.74) is 9.64. The van der Waals surface area contributed by atoms with Crippen LogP contribution in [0.25, 0.3) is 10.4 Å². The summed E-state index contributed by atoms with van der Waals surface area (Å²) in [6.07, 6.45) is 0.957. The number of esters is 1. The lowest BCUT2D eigenvalue weighted by Gasteiger charge is -2.26. The van der Waals surface area contributed by atoms with Crippen molar-refractivity contribution in [2.75, 3.05) is 27.4 Å². The molecule has 0 spiro atoms. The van der Waals surface area contributed by atoms with Gasteiger partial charge in [-0.05, 0) is 48.4 Å². The standard InChI is InChI=1S/C25H37N3O6/c1-15(2)18(13-20(27-28-26)22-14-19(16(3)4)25(30)34-22)24(29)17-8-9-21(32-6)23(12-17)33-11-7-10-31-5/h8-9,12,15-16,18-20,22H,7,10-11,13-14H2,1-6H3/t18?,19-,20-,22-/m0/s1. The largest absolute Gasteiger partial charge is 0.493 e. The molecule has 4 atom stereocenters. The third-order valence-corrected chi connectivity index (χ3v) is 6.33. The minimum absolute atomic E-state index is 0.0185. The monoisotopic (exact) mass is 475 g/mol. The van der Waals surface area contributed by atoms with E-state index in [2.05, 4.69) is 10.0 Å².